The van der Waals surface area contributed by atoms with E-state index >= 15 is 0 Å². The number of aryl methyl sites for hydroxylation is 1. The molecule has 0 atom stereocenters. The second kappa shape index (κ2) is 45.9. The number of rotatable bonds is 26. The zero-order valence-corrected chi connectivity index (χ0v) is 82.3. The topological polar surface area (TPSA) is 523 Å². The van der Waals surface area contributed by atoms with E-state index in [4.69, 9.17) is 23.7 Å². The van der Waals surface area contributed by atoms with Crippen molar-refractivity contribution in [3.05, 3.63) is 356 Å². The van der Waals surface area contributed by atoms with Crippen molar-refractivity contribution in [3.8, 4) is 102 Å². The number of aromatic amines is 1. The van der Waals surface area contributed by atoms with Crippen LogP contribution in [-0.2, 0) is 33.7 Å². The van der Waals surface area contributed by atoms with E-state index in [0.717, 1.165) is 28.5 Å². The Balaban J connectivity index is 0.000000114. The number of carbonyl (C=O) groups excluding carboxylic acids is 5. The Morgan fingerprint density at radius 1 is 0.320 bits per heavy atom. The molecule has 0 bridgehead atoms. The molecule has 7 N–H and O–H groups in total. The first-order valence-corrected chi connectivity index (χ1v) is 49.7. The SMILES string of the molecule is CS(=O)(=O)Nc1cncc(-c2cccc(C(=O)Nc3cn(C4COC4)nc3-c3ccccn3)n2)c1.Cc1cncc(-c2cccc(C(=O)Nc3cn(C4COC4)nc3-c3ccccn3)n2)c1.O=C(Nc1cn(C2COC2)nc1-c1ccccn1)c1cccc(-c2cccnc2)n1.O=C(Nc1cn(C2COC2)nc1-c1ccccn1)c1cccc(-c2cn[nH]c2)n1.O=C(Nc1cn(C2COC2)nc1-c1ccccn1)c1cccc(Br)n1. The first-order valence-electron chi connectivity index (χ1n) is 47.0. The summed E-state index contributed by atoms with van der Waals surface area (Å²) in [5.41, 5.74) is 17.6. The highest BCUT2D eigenvalue weighted by Crippen LogP contribution is 2.37. The molecule has 0 radical (unpaired) electrons. The Morgan fingerprint density at radius 3 is 0.900 bits per heavy atom. The lowest BCUT2D eigenvalue weighted by Gasteiger charge is -2.25. The molecule has 150 heavy (non-hydrogen) atoms. The molecular weight excluding hydrogens is 2000 g/mol. The van der Waals surface area contributed by atoms with Gasteiger partial charge in [-0.05, 0) is 174 Å². The Bertz CT molecular complexity index is 8120. The molecule has 0 aromatic carbocycles. The summed E-state index contributed by atoms with van der Waals surface area (Å²) in [6, 6.07) is 62.1. The van der Waals surface area contributed by atoms with Crippen LogP contribution in [0.15, 0.2) is 322 Å². The van der Waals surface area contributed by atoms with Crippen LogP contribution in [0.1, 0.15) is 88.2 Å². The molecule has 5 fully saturated rings. The van der Waals surface area contributed by atoms with Crippen molar-refractivity contribution < 1.29 is 56.1 Å². The highest BCUT2D eigenvalue weighted by molar-refractivity contribution is 9.10. The summed E-state index contributed by atoms with van der Waals surface area (Å²) in [6.07, 6.45) is 31.8. The number of amides is 5. The van der Waals surface area contributed by atoms with Gasteiger partial charge in [0.1, 0.15) is 61.5 Å². The minimum absolute atomic E-state index is 0.102. The Kier molecular flexibility index (Phi) is 30.3. The van der Waals surface area contributed by atoms with Crippen molar-refractivity contribution in [2.24, 2.45) is 0 Å². The number of hydrogen-bond donors (Lipinski definition) is 7. The van der Waals surface area contributed by atoms with Crippen LogP contribution in [0.5, 0.6) is 0 Å². The fourth-order valence-electron chi connectivity index (χ4n) is 15.5. The molecule has 0 saturated carbocycles. The number of sulfonamides is 1. The number of aromatic nitrogens is 25. The summed E-state index contributed by atoms with van der Waals surface area (Å²) in [5, 5.41) is 44.5. The summed E-state index contributed by atoms with van der Waals surface area (Å²) in [7, 11) is -3.46. The second-order valence-electron chi connectivity index (χ2n) is 34.5. The van der Waals surface area contributed by atoms with E-state index in [2.05, 4.69) is 148 Å². The lowest BCUT2D eigenvalue weighted by atomic mass is 10.1. The van der Waals surface area contributed by atoms with Gasteiger partial charge in [0.15, 0.2) is 0 Å². The van der Waals surface area contributed by atoms with E-state index in [0.29, 0.717) is 213 Å². The molecule has 5 aliphatic heterocycles. The van der Waals surface area contributed by atoms with E-state index in [9.17, 15) is 32.4 Å². The van der Waals surface area contributed by atoms with Crippen LogP contribution in [0.3, 0.4) is 0 Å². The average molecular weight is 2090 g/mol. The maximum absolute atomic E-state index is 13.1. The molecule has 19 aromatic heterocycles. The smallest absolute Gasteiger partial charge is 0.274 e. The molecule has 24 heterocycles. The first kappa shape index (κ1) is 99.0. The van der Waals surface area contributed by atoms with Crippen molar-refractivity contribution in [1.29, 1.82) is 0 Å². The van der Waals surface area contributed by atoms with Gasteiger partial charge in [-0.25, -0.2) is 33.3 Å². The summed E-state index contributed by atoms with van der Waals surface area (Å²) in [5.74, 6) is -1.68. The number of hydrogen-bond acceptors (Lipinski definition) is 31. The van der Waals surface area contributed by atoms with Crippen LogP contribution in [0.4, 0.5) is 34.1 Å². The lowest BCUT2D eigenvalue weighted by molar-refractivity contribution is -0.0285. The zero-order chi connectivity index (χ0) is 103. The molecule has 0 unspecified atom stereocenters. The largest absolute Gasteiger partial charge is 0.377 e. The molecule has 750 valence electrons. The van der Waals surface area contributed by atoms with Crippen molar-refractivity contribution >= 4 is 89.6 Å². The third-order valence-corrected chi connectivity index (χ3v) is 24.6. The minimum atomic E-state index is -3.46. The minimum Gasteiger partial charge on any atom is -0.377 e. The number of anilines is 6. The average Bonchev–Trinajstić information content (AvgIpc) is 1.68. The first-order chi connectivity index (χ1) is 73.3. The Hall–Kier alpha value is -18.4. The van der Waals surface area contributed by atoms with Crippen molar-refractivity contribution in [2.75, 3.05) is 104 Å². The molecule has 0 aliphatic carbocycles. The highest BCUT2D eigenvalue weighted by Gasteiger charge is 2.32. The molecule has 45 heteroatoms. The standard InChI is InChI=1S/C23H21N7O4S.C23H20N6O2.C22H18N6O2.C20H17N7O2.C17H14BrN5O2/c1-35(32,33)29-16-9-15(10-24-11-16)18-6-4-7-20(26-18)23(31)27-21-12-30(17-13-34-14-17)28-22(21)19-5-2-3-8-25-19;1-15-9-16(11-24-10-15)18-6-4-7-20(26-18)23(30)27-21-12-29(17-13-31-14-17)28-22(21)19-5-2-3-8-25-19;29-22(19-8-3-7-17(25-19)15-5-4-9-23-11-15)26-20-12-28(16-13-30-14-16)27-21(20)18-6-1-2-10-24-18;28-20(17-6-3-5-15(24-17)13-8-22-23-9-13)25-18-10-27(14-11-29-12-14)26-19(18)16-4-1-2-7-21-16;18-15-6-3-5-13(20-15)17(24)21-14-8-23(11-9-25-10-11)22-16(14)12-4-1-2-7-19-12/h2-12,17,29H,13-14H2,1H3,(H,27,31);2-12,17H,13-14H2,1H3,(H,27,30);1-12,16H,13-14H2,(H,26,29);1-10,14H,11-12H2,(H,22,23)(H,25,28);1-8,11H,9-10H2,(H,21,24). The molecule has 43 nitrogen and oxygen atoms in total. The van der Waals surface area contributed by atoms with Crippen molar-refractivity contribution in [2.45, 2.75) is 37.1 Å². The van der Waals surface area contributed by atoms with E-state index in [1.165, 1.54) is 6.20 Å². The Morgan fingerprint density at radius 2 is 0.620 bits per heavy atom. The third kappa shape index (κ3) is 24.2. The van der Waals surface area contributed by atoms with Gasteiger partial charge in [0, 0.05) is 121 Å². The molecule has 5 amide bonds. The molecule has 0 spiro atoms. The second-order valence-corrected chi connectivity index (χ2v) is 37.0. The number of pyridine rings is 13. The van der Waals surface area contributed by atoms with E-state index in [-0.39, 0.29) is 59.5 Å². The number of halogens is 1. The number of carbonyl (C=O) groups is 5. The summed E-state index contributed by atoms with van der Waals surface area (Å²) < 4.78 is 61.4. The summed E-state index contributed by atoms with van der Waals surface area (Å²) in [4.78, 5) is 121. The van der Waals surface area contributed by atoms with Crippen molar-refractivity contribution in [1.82, 2.24) is 124 Å². The molecule has 19 aromatic rings. The van der Waals surface area contributed by atoms with Gasteiger partial charge in [-0.3, -0.25) is 97.1 Å². The third-order valence-electron chi connectivity index (χ3n) is 23.5. The van der Waals surface area contributed by atoms with Crippen LogP contribution in [0.2, 0.25) is 0 Å². The van der Waals surface area contributed by atoms with Gasteiger partial charge in [-0.1, -0.05) is 60.7 Å². The van der Waals surface area contributed by atoms with E-state index < -0.39 is 15.9 Å². The molecule has 5 saturated heterocycles. The number of nitrogens with zero attached hydrogens (tertiary/aromatic N) is 24. The lowest BCUT2D eigenvalue weighted by Crippen LogP contribution is -2.30. The highest BCUT2D eigenvalue weighted by atomic mass is 79.9. The summed E-state index contributed by atoms with van der Waals surface area (Å²) >= 11 is 3.28. The predicted molar refractivity (Wildman–Crippen MR) is 556 cm³/mol. The van der Waals surface area contributed by atoms with Crippen LogP contribution in [0, 0.1) is 6.92 Å². The van der Waals surface area contributed by atoms with Gasteiger partial charge >= 0.3 is 0 Å². The van der Waals surface area contributed by atoms with Gasteiger partial charge < -0.3 is 50.3 Å². The molecule has 5 aliphatic rings. The number of H-pyrrole nitrogens is 1. The molecular formula is C105H90BrN31O12S. The normalized spacial score (nSPS) is 13.8. The summed E-state index contributed by atoms with van der Waals surface area (Å²) in [6.45, 7) is 7.93. The van der Waals surface area contributed by atoms with Crippen molar-refractivity contribution in [3.63, 3.8) is 0 Å². The van der Waals surface area contributed by atoms with Crippen LogP contribution < -0.4 is 31.3 Å². The monoisotopic (exact) mass is 2090 g/mol. The van der Waals surface area contributed by atoms with Crippen LogP contribution in [-0.4, -0.2) is 234 Å². The predicted octanol–water partition coefficient (Wildman–Crippen LogP) is 14.8. The van der Waals surface area contributed by atoms with E-state index in [1.807, 2.05) is 184 Å². The van der Waals surface area contributed by atoms with Gasteiger partial charge in [-0.2, -0.15) is 30.6 Å². The molecule has 24 rings (SSSR count). The van der Waals surface area contributed by atoms with Crippen LogP contribution in [0.25, 0.3) is 102 Å². The zero-order valence-electron chi connectivity index (χ0n) is 79.9. The van der Waals surface area contributed by atoms with Gasteiger partial charge in [0.2, 0.25) is 10.0 Å². The maximum Gasteiger partial charge on any atom is 0.274 e. The fourth-order valence-corrected chi connectivity index (χ4v) is 16.4. The maximum atomic E-state index is 13.1. The van der Waals surface area contributed by atoms with Gasteiger partial charge in [0.05, 0.1) is 200 Å². The Labute approximate surface area is 863 Å². The number of ether oxygens (including phenoxy) is 5. The van der Waals surface area contributed by atoms with Gasteiger partial charge in [-0.15, -0.1) is 0 Å². The van der Waals surface area contributed by atoms with Gasteiger partial charge in [0.25, 0.3) is 29.5 Å². The number of nitrogens with one attached hydrogen (secondary N) is 7. The quantitative estimate of drug-likeness (QED) is 0.0248. The van der Waals surface area contributed by atoms with Crippen LogP contribution >= 0.6 is 15.9 Å². The fraction of sp³-hybridized carbons (Fsp3) is 0.162. The van der Waals surface area contributed by atoms with E-state index in [1.54, 1.807) is 158 Å².